The number of carbonyl (C=O) groups excluding carboxylic acids is 1. The molecule has 0 radical (unpaired) electrons. The Labute approximate surface area is 163 Å². The van der Waals surface area contributed by atoms with Crippen LogP contribution in [0.4, 0.5) is 0 Å². The molecule has 0 aliphatic carbocycles. The highest BCUT2D eigenvalue weighted by Gasteiger charge is 2.21. The van der Waals surface area contributed by atoms with Crippen LogP contribution in [-0.4, -0.2) is 29.9 Å². The molecule has 0 aliphatic heterocycles. The predicted molar refractivity (Wildman–Crippen MR) is 114 cm³/mol. The van der Waals surface area contributed by atoms with Gasteiger partial charge in [0.05, 0.1) is 6.04 Å². The first-order valence-corrected chi connectivity index (χ1v) is 10.4. The molecule has 0 spiro atoms. The standard InChI is InChI=1S/C23H35N3O/c1-2-3-4-9-17-26(23(27)22(25)15-7-8-16-24)18-20-13-10-12-19-11-5-6-14-21(19)20/h5-6,10-14,22H,2-4,7-9,15-18,24-25H2,1H3/t22-/m0/s1. The zero-order valence-electron chi connectivity index (χ0n) is 16.7. The molecule has 0 heterocycles. The van der Waals surface area contributed by atoms with Crippen LogP contribution in [0.3, 0.4) is 0 Å². The van der Waals surface area contributed by atoms with Gasteiger partial charge in [-0.1, -0.05) is 75.1 Å². The molecule has 1 atom stereocenters. The molecule has 0 saturated heterocycles. The van der Waals surface area contributed by atoms with Gasteiger partial charge in [-0.15, -0.1) is 0 Å². The molecule has 1 amide bonds. The van der Waals surface area contributed by atoms with Gasteiger partial charge in [0.1, 0.15) is 0 Å². The lowest BCUT2D eigenvalue weighted by atomic mass is 10.0. The van der Waals surface area contributed by atoms with Gasteiger partial charge in [0.2, 0.25) is 5.91 Å². The van der Waals surface area contributed by atoms with Gasteiger partial charge in [-0.2, -0.15) is 0 Å². The minimum atomic E-state index is -0.433. The molecular formula is C23H35N3O. The number of fused-ring (bicyclic) bond motifs is 1. The third-order valence-corrected chi connectivity index (χ3v) is 5.12. The van der Waals surface area contributed by atoms with Crippen LogP contribution in [-0.2, 0) is 11.3 Å². The van der Waals surface area contributed by atoms with E-state index >= 15 is 0 Å². The fourth-order valence-corrected chi connectivity index (χ4v) is 3.50. The number of nitrogens with zero attached hydrogens (tertiary/aromatic N) is 1. The fourth-order valence-electron chi connectivity index (χ4n) is 3.50. The molecule has 2 rings (SSSR count). The van der Waals surface area contributed by atoms with E-state index in [4.69, 9.17) is 11.5 Å². The van der Waals surface area contributed by atoms with Gasteiger partial charge < -0.3 is 16.4 Å². The third-order valence-electron chi connectivity index (χ3n) is 5.12. The first kappa shape index (κ1) is 21.4. The van der Waals surface area contributed by atoms with Crippen LogP contribution in [0.25, 0.3) is 10.8 Å². The van der Waals surface area contributed by atoms with E-state index in [2.05, 4.69) is 43.3 Å². The molecule has 4 nitrogen and oxygen atoms in total. The summed E-state index contributed by atoms with van der Waals surface area (Å²) in [4.78, 5) is 15.0. The molecule has 148 valence electrons. The highest BCUT2D eigenvalue weighted by atomic mass is 16.2. The van der Waals surface area contributed by atoms with Gasteiger partial charge in [0.25, 0.3) is 0 Å². The number of nitrogens with two attached hydrogens (primary N) is 2. The molecule has 0 unspecified atom stereocenters. The lowest BCUT2D eigenvalue weighted by Gasteiger charge is -2.26. The lowest BCUT2D eigenvalue weighted by Crippen LogP contribution is -2.43. The highest BCUT2D eigenvalue weighted by Crippen LogP contribution is 2.21. The number of amides is 1. The lowest BCUT2D eigenvalue weighted by molar-refractivity contribution is -0.133. The highest BCUT2D eigenvalue weighted by molar-refractivity contribution is 5.86. The second kappa shape index (κ2) is 11.7. The molecule has 2 aromatic rings. The first-order chi connectivity index (χ1) is 13.2. The molecular weight excluding hydrogens is 334 g/mol. The van der Waals surface area contributed by atoms with Gasteiger partial charge in [-0.25, -0.2) is 0 Å². The second-order valence-corrected chi connectivity index (χ2v) is 7.35. The summed E-state index contributed by atoms with van der Waals surface area (Å²) in [5.74, 6) is 0.0662. The van der Waals surface area contributed by atoms with Gasteiger partial charge in [0, 0.05) is 13.1 Å². The Kier molecular flexibility index (Phi) is 9.29. The molecule has 0 aromatic heterocycles. The molecule has 4 N–H and O–H groups in total. The van der Waals surface area contributed by atoms with Crippen molar-refractivity contribution in [1.29, 1.82) is 0 Å². The van der Waals surface area contributed by atoms with E-state index in [-0.39, 0.29) is 5.91 Å². The van der Waals surface area contributed by atoms with Gasteiger partial charge >= 0.3 is 0 Å². The normalized spacial score (nSPS) is 12.3. The Morgan fingerprint density at radius 2 is 1.78 bits per heavy atom. The van der Waals surface area contributed by atoms with Crippen LogP contribution < -0.4 is 11.5 Å². The third kappa shape index (κ3) is 6.64. The molecule has 4 heteroatoms. The maximum Gasteiger partial charge on any atom is 0.239 e. The van der Waals surface area contributed by atoms with E-state index in [0.717, 1.165) is 32.2 Å². The van der Waals surface area contributed by atoms with E-state index in [1.807, 2.05) is 11.0 Å². The van der Waals surface area contributed by atoms with Crippen LogP contribution in [0.2, 0.25) is 0 Å². The van der Waals surface area contributed by atoms with Crippen molar-refractivity contribution in [2.45, 2.75) is 64.5 Å². The molecule has 0 fully saturated rings. The van der Waals surface area contributed by atoms with Crippen LogP contribution >= 0.6 is 0 Å². The van der Waals surface area contributed by atoms with Crippen LogP contribution in [0.1, 0.15) is 57.4 Å². The smallest absolute Gasteiger partial charge is 0.239 e. The van der Waals surface area contributed by atoms with E-state index in [0.29, 0.717) is 19.5 Å². The van der Waals surface area contributed by atoms with E-state index in [1.165, 1.54) is 29.2 Å². The van der Waals surface area contributed by atoms with Gasteiger partial charge in [-0.05, 0) is 42.1 Å². The van der Waals surface area contributed by atoms with Crippen molar-refractivity contribution >= 4 is 16.7 Å². The maximum atomic E-state index is 13.0. The first-order valence-electron chi connectivity index (χ1n) is 10.4. The summed E-state index contributed by atoms with van der Waals surface area (Å²) in [6.45, 7) is 4.24. The summed E-state index contributed by atoms with van der Waals surface area (Å²) in [6, 6.07) is 14.2. The fraction of sp³-hybridized carbons (Fsp3) is 0.522. The molecule has 0 saturated carbocycles. The average Bonchev–Trinajstić information content (AvgIpc) is 2.70. The average molecular weight is 370 g/mol. The Balaban J connectivity index is 2.12. The number of unbranched alkanes of at least 4 members (excludes halogenated alkanes) is 4. The van der Waals surface area contributed by atoms with Crippen molar-refractivity contribution < 1.29 is 4.79 Å². The van der Waals surface area contributed by atoms with E-state index in [1.54, 1.807) is 0 Å². The van der Waals surface area contributed by atoms with Crippen molar-refractivity contribution in [3.8, 4) is 0 Å². The predicted octanol–water partition coefficient (Wildman–Crippen LogP) is 4.21. The van der Waals surface area contributed by atoms with Gasteiger partial charge in [-0.3, -0.25) is 4.79 Å². The Morgan fingerprint density at radius 3 is 2.56 bits per heavy atom. The minimum Gasteiger partial charge on any atom is -0.337 e. The van der Waals surface area contributed by atoms with E-state index < -0.39 is 6.04 Å². The number of hydrogen-bond donors (Lipinski definition) is 2. The molecule has 27 heavy (non-hydrogen) atoms. The maximum absolute atomic E-state index is 13.0. The van der Waals surface area contributed by atoms with Crippen LogP contribution in [0.15, 0.2) is 42.5 Å². The van der Waals surface area contributed by atoms with Crippen molar-refractivity contribution in [3.63, 3.8) is 0 Å². The molecule has 0 aliphatic rings. The SMILES string of the molecule is CCCCCCN(Cc1cccc2ccccc12)C(=O)[C@@H](N)CCCCN. The Hall–Kier alpha value is -1.91. The van der Waals surface area contributed by atoms with Crippen LogP contribution in [0, 0.1) is 0 Å². The number of rotatable bonds is 12. The summed E-state index contributed by atoms with van der Waals surface area (Å²) in [6.07, 6.45) is 7.10. The van der Waals surface area contributed by atoms with Crippen molar-refractivity contribution in [1.82, 2.24) is 4.90 Å². The topological polar surface area (TPSA) is 72.3 Å². The quantitative estimate of drug-likeness (QED) is 0.551. The van der Waals surface area contributed by atoms with Crippen molar-refractivity contribution in [3.05, 3.63) is 48.0 Å². The summed E-state index contributed by atoms with van der Waals surface area (Å²) >= 11 is 0. The number of carbonyl (C=O) groups is 1. The second-order valence-electron chi connectivity index (χ2n) is 7.35. The Bertz CT molecular complexity index is 696. The monoisotopic (exact) mass is 369 g/mol. The summed E-state index contributed by atoms with van der Waals surface area (Å²) in [7, 11) is 0. The summed E-state index contributed by atoms with van der Waals surface area (Å²) in [5, 5.41) is 2.42. The largest absolute Gasteiger partial charge is 0.337 e. The zero-order valence-corrected chi connectivity index (χ0v) is 16.7. The molecule has 2 aromatic carbocycles. The van der Waals surface area contributed by atoms with Crippen LogP contribution in [0.5, 0.6) is 0 Å². The number of hydrogen-bond acceptors (Lipinski definition) is 3. The summed E-state index contributed by atoms with van der Waals surface area (Å²) in [5.41, 5.74) is 13.0. The summed E-state index contributed by atoms with van der Waals surface area (Å²) < 4.78 is 0. The Morgan fingerprint density at radius 1 is 1.00 bits per heavy atom. The molecule has 0 bridgehead atoms. The van der Waals surface area contributed by atoms with Crippen molar-refractivity contribution in [2.75, 3.05) is 13.1 Å². The van der Waals surface area contributed by atoms with E-state index in [9.17, 15) is 4.79 Å². The van der Waals surface area contributed by atoms with Crippen molar-refractivity contribution in [2.24, 2.45) is 11.5 Å². The number of benzene rings is 2. The van der Waals surface area contributed by atoms with Gasteiger partial charge in [0.15, 0.2) is 0 Å². The zero-order chi connectivity index (χ0) is 19.5. The minimum absolute atomic E-state index is 0.0662.